The number of aliphatic hydroxyl groups excluding tert-OH is 1. The van der Waals surface area contributed by atoms with E-state index in [9.17, 15) is 19.5 Å². The summed E-state index contributed by atoms with van der Waals surface area (Å²) in [7, 11) is 0. The van der Waals surface area contributed by atoms with Gasteiger partial charge in [-0.2, -0.15) is 0 Å². The molecular formula is C27H42N2O5S. The molecule has 0 aromatic heterocycles. The van der Waals surface area contributed by atoms with Crippen LogP contribution in [-0.2, 0) is 19.1 Å². The fourth-order valence-electron chi connectivity index (χ4n) is 6.21. The van der Waals surface area contributed by atoms with Crippen LogP contribution in [0.4, 0.5) is 0 Å². The second-order valence-corrected chi connectivity index (χ2v) is 11.6. The fourth-order valence-corrected chi connectivity index (χ4v) is 8.41. The SMILES string of the molecule is C=CCCOC(=O)[C@@H]1[C@H]2C(=O)N(CCCCCO)C(C(=O)N(CC=C)C(C)CCC)C23CC[C@H]1S3. The highest BCUT2D eigenvalue weighted by Gasteiger charge is 2.74. The number of nitrogens with zero attached hydrogens (tertiary/aromatic N) is 2. The van der Waals surface area contributed by atoms with Gasteiger partial charge >= 0.3 is 5.97 Å². The summed E-state index contributed by atoms with van der Waals surface area (Å²) in [5.74, 6) is -1.47. The first kappa shape index (κ1) is 27.8. The van der Waals surface area contributed by atoms with Gasteiger partial charge in [0.2, 0.25) is 11.8 Å². The highest BCUT2D eigenvalue weighted by Crippen LogP contribution is 2.66. The van der Waals surface area contributed by atoms with Gasteiger partial charge in [-0.15, -0.1) is 24.9 Å². The molecule has 3 unspecified atom stereocenters. The Morgan fingerprint density at radius 2 is 2.09 bits per heavy atom. The maximum atomic E-state index is 14.2. The van der Waals surface area contributed by atoms with Gasteiger partial charge in [-0.3, -0.25) is 14.4 Å². The van der Waals surface area contributed by atoms with Crippen molar-refractivity contribution in [1.82, 2.24) is 9.80 Å². The van der Waals surface area contributed by atoms with E-state index < -0.39 is 22.6 Å². The molecule has 35 heavy (non-hydrogen) atoms. The van der Waals surface area contributed by atoms with Crippen molar-refractivity contribution < 1.29 is 24.2 Å². The van der Waals surface area contributed by atoms with Gasteiger partial charge in [-0.05, 0) is 51.9 Å². The first-order chi connectivity index (χ1) is 16.9. The third-order valence-corrected chi connectivity index (χ3v) is 9.73. The number of likely N-dealkylation sites (tertiary alicyclic amines) is 1. The summed E-state index contributed by atoms with van der Waals surface area (Å²) in [5.41, 5.74) is 0. The normalized spacial score (nSPS) is 29.7. The monoisotopic (exact) mass is 506 g/mol. The maximum absolute atomic E-state index is 14.2. The molecule has 2 amide bonds. The highest BCUT2D eigenvalue weighted by atomic mass is 32.2. The number of amides is 2. The molecule has 0 saturated carbocycles. The Morgan fingerprint density at radius 3 is 2.74 bits per heavy atom. The minimum Gasteiger partial charge on any atom is -0.465 e. The zero-order valence-corrected chi connectivity index (χ0v) is 22.1. The van der Waals surface area contributed by atoms with Gasteiger partial charge in [-0.1, -0.05) is 25.5 Å². The minimum atomic E-state index is -0.594. The van der Waals surface area contributed by atoms with E-state index in [1.54, 1.807) is 28.8 Å². The molecular weight excluding hydrogens is 464 g/mol. The molecule has 3 fully saturated rings. The van der Waals surface area contributed by atoms with Gasteiger partial charge in [0.05, 0.1) is 23.2 Å². The Labute approximate surface area is 214 Å². The smallest absolute Gasteiger partial charge is 0.310 e. The maximum Gasteiger partial charge on any atom is 0.310 e. The van der Waals surface area contributed by atoms with Crippen LogP contribution in [0.25, 0.3) is 0 Å². The topological polar surface area (TPSA) is 87.1 Å². The van der Waals surface area contributed by atoms with E-state index in [1.807, 2.05) is 4.90 Å². The molecule has 3 rings (SSSR count). The lowest BCUT2D eigenvalue weighted by Gasteiger charge is -2.39. The predicted molar refractivity (Wildman–Crippen MR) is 139 cm³/mol. The van der Waals surface area contributed by atoms with E-state index in [0.717, 1.165) is 32.1 Å². The number of fused-ring (bicyclic) bond motifs is 1. The van der Waals surface area contributed by atoms with E-state index in [2.05, 4.69) is 27.0 Å². The number of unbranched alkanes of at least 4 members (excludes halogenated alkanes) is 2. The Hall–Kier alpha value is -1.80. The molecule has 196 valence electrons. The standard InChI is InChI=1S/C27H42N2O5S/c1-5-8-18-34-26(33)21-20-13-14-27(35-20)22(21)24(31)29(16-10-9-11-17-30)23(27)25(32)28(15-7-3)19(4)12-6-2/h5,7,19-23,30H,1,3,6,8-18H2,2,4H3/t19?,20-,21+,22+,23?,27?/m1/s1. The van der Waals surface area contributed by atoms with Crippen LogP contribution in [0.1, 0.15) is 65.2 Å². The van der Waals surface area contributed by atoms with E-state index in [-0.39, 0.29) is 42.3 Å². The van der Waals surface area contributed by atoms with Crippen LogP contribution in [0, 0.1) is 11.8 Å². The summed E-state index contributed by atoms with van der Waals surface area (Å²) in [5, 5.41) is 9.19. The second kappa shape index (κ2) is 12.4. The van der Waals surface area contributed by atoms with Crippen molar-refractivity contribution in [2.24, 2.45) is 11.8 Å². The molecule has 6 atom stereocenters. The van der Waals surface area contributed by atoms with Crippen molar-refractivity contribution in [3.05, 3.63) is 25.3 Å². The van der Waals surface area contributed by atoms with E-state index in [4.69, 9.17) is 4.74 Å². The van der Waals surface area contributed by atoms with Crippen LogP contribution >= 0.6 is 11.8 Å². The quantitative estimate of drug-likeness (QED) is 0.208. The summed E-state index contributed by atoms with van der Waals surface area (Å²) < 4.78 is 4.95. The van der Waals surface area contributed by atoms with E-state index in [0.29, 0.717) is 32.4 Å². The Morgan fingerprint density at radius 1 is 1.31 bits per heavy atom. The molecule has 3 aliphatic rings. The lowest BCUT2D eigenvalue weighted by Crippen LogP contribution is -2.56. The number of carbonyl (C=O) groups excluding carboxylic acids is 3. The molecule has 8 heteroatoms. The summed E-state index contributed by atoms with van der Waals surface area (Å²) in [6.45, 7) is 13.0. The molecule has 7 nitrogen and oxygen atoms in total. The molecule has 2 bridgehead atoms. The summed E-state index contributed by atoms with van der Waals surface area (Å²) in [6, 6.07) is -0.551. The number of esters is 1. The number of ether oxygens (including phenoxy) is 1. The average molecular weight is 507 g/mol. The molecule has 1 spiro atoms. The number of hydrogen-bond donors (Lipinski definition) is 1. The van der Waals surface area contributed by atoms with Crippen LogP contribution in [0.5, 0.6) is 0 Å². The van der Waals surface area contributed by atoms with Gasteiger partial charge in [0, 0.05) is 31.0 Å². The molecule has 3 saturated heterocycles. The molecule has 0 radical (unpaired) electrons. The number of rotatable bonds is 15. The van der Waals surface area contributed by atoms with E-state index in [1.165, 1.54) is 0 Å². The van der Waals surface area contributed by atoms with Crippen LogP contribution in [0.3, 0.4) is 0 Å². The average Bonchev–Trinajstić information content (AvgIpc) is 3.47. The highest BCUT2D eigenvalue weighted by molar-refractivity contribution is 8.02. The number of carbonyl (C=O) groups is 3. The first-order valence-corrected chi connectivity index (χ1v) is 14.0. The first-order valence-electron chi connectivity index (χ1n) is 13.2. The molecule has 3 heterocycles. The Kier molecular flexibility index (Phi) is 9.87. The van der Waals surface area contributed by atoms with Crippen molar-refractivity contribution in [3.8, 4) is 0 Å². The van der Waals surface area contributed by atoms with Crippen LogP contribution in [0.15, 0.2) is 25.3 Å². The van der Waals surface area contributed by atoms with Crippen molar-refractivity contribution >= 4 is 29.5 Å². The van der Waals surface area contributed by atoms with Crippen molar-refractivity contribution in [2.75, 3.05) is 26.3 Å². The van der Waals surface area contributed by atoms with Gasteiger partial charge in [0.15, 0.2) is 0 Å². The third-order valence-electron chi connectivity index (χ3n) is 7.78. The van der Waals surface area contributed by atoms with Crippen molar-refractivity contribution in [2.45, 2.75) is 87.3 Å². The van der Waals surface area contributed by atoms with Crippen LogP contribution < -0.4 is 0 Å². The predicted octanol–water partition coefficient (Wildman–Crippen LogP) is 3.56. The van der Waals surface area contributed by atoms with Crippen LogP contribution in [0.2, 0.25) is 0 Å². The number of thioether (sulfide) groups is 1. The largest absolute Gasteiger partial charge is 0.465 e. The second-order valence-electron chi connectivity index (χ2n) is 10.0. The summed E-state index contributed by atoms with van der Waals surface area (Å²) in [4.78, 5) is 44.9. The van der Waals surface area contributed by atoms with Gasteiger partial charge < -0.3 is 19.6 Å². The van der Waals surface area contributed by atoms with Gasteiger partial charge in [0.25, 0.3) is 0 Å². The van der Waals surface area contributed by atoms with E-state index >= 15 is 0 Å². The Bertz CT molecular complexity index is 804. The molecule has 0 aromatic carbocycles. The van der Waals surface area contributed by atoms with Gasteiger partial charge in [0.1, 0.15) is 6.04 Å². The van der Waals surface area contributed by atoms with Crippen molar-refractivity contribution in [3.63, 3.8) is 0 Å². The molecule has 0 aliphatic carbocycles. The molecule has 0 aromatic rings. The number of aliphatic hydroxyl groups is 1. The fraction of sp³-hybridized carbons (Fsp3) is 0.741. The zero-order chi connectivity index (χ0) is 25.6. The number of hydrogen-bond acceptors (Lipinski definition) is 6. The Balaban J connectivity index is 1.94. The summed E-state index contributed by atoms with van der Waals surface area (Å²) >= 11 is 1.68. The molecule has 1 N–H and O–H groups in total. The minimum absolute atomic E-state index is 0.00735. The van der Waals surface area contributed by atoms with Gasteiger partial charge in [-0.25, -0.2) is 0 Å². The lowest BCUT2D eigenvalue weighted by molar-refractivity contribution is -0.154. The summed E-state index contributed by atoms with van der Waals surface area (Å²) in [6.07, 6.45) is 9.59. The lowest BCUT2D eigenvalue weighted by atomic mass is 9.71. The zero-order valence-electron chi connectivity index (χ0n) is 21.3. The molecule has 3 aliphatic heterocycles. The third kappa shape index (κ3) is 5.33. The van der Waals surface area contributed by atoms with Crippen molar-refractivity contribution in [1.29, 1.82) is 0 Å². The van der Waals surface area contributed by atoms with Crippen LogP contribution in [-0.4, -0.2) is 81.1 Å².